The first-order valence-electron chi connectivity index (χ1n) is 10.1. The van der Waals surface area contributed by atoms with Gasteiger partial charge in [-0.1, -0.05) is 24.0 Å². The summed E-state index contributed by atoms with van der Waals surface area (Å²) in [6, 6.07) is 0. The third kappa shape index (κ3) is 2.37. The average Bonchev–Trinajstić information content (AvgIpc) is 2.92. The summed E-state index contributed by atoms with van der Waals surface area (Å²) < 4.78 is 12.1. The van der Waals surface area contributed by atoms with Crippen molar-refractivity contribution in [2.24, 2.45) is 34.5 Å². The first-order valence-corrected chi connectivity index (χ1v) is 11.3. The fourth-order valence-electron chi connectivity index (χ4n) is 7.57. The minimum Gasteiger partial charge on any atom is -0.595 e. The van der Waals surface area contributed by atoms with E-state index in [1.54, 1.807) is 13.0 Å². The van der Waals surface area contributed by atoms with Gasteiger partial charge in [0, 0.05) is 11.3 Å². The molecule has 0 aromatic carbocycles. The van der Waals surface area contributed by atoms with Gasteiger partial charge in [-0.05, 0) is 74.7 Å². The zero-order valence-electron chi connectivity index (χ0n) is 16.0. The quantitative estimate of drug-likeness (QED) is 0.687. The van der Waals surface area contributed by atoms with Crippen molar-refractivity contribution < 1.29 is 19.0 Å². The smallest absolute Gasteiger partial charge is 0.313 e. The molecular weight excluding hydrogens is 347 g/mol. The SMILES string of the molecule is CC(=O)[C@H]1CC[C@H]2[C@@H]3CCC4=CC(=O)CC([P+](=O)[O-])[C@]4(C)[C@H]3CC[C@]12C. The van der Waals surface area contributed by atoms with Crippen molar-refractivity contribution in [3.05, 3.63) is 11.6 Å². The molecule has 5 heteroatoms. The van der Waals surface area contributed by atoms with E-state index in [1.807, 2.05) is 0 Å². The van der Waals surface area contributed by atoms with E-state index in [-0.39, 0.29) is 23.5 Å². The van der Waals surface area contributed by atoms with Crippen LogP contribution in [-0.4, -0.2) is 17.2 Å². The zero-order valence-corrected chi connectivity index (χ0v) is 16.9. The summed E-state index contributed by atoms with van der Waals surface area (Å²) in [6.45, 7) is 6.15. The molecule has 0 aromatic heterocycles. The molecule has 4 aliphatic carbocycles. The van der Waals surface area contributed by atoms with Crippen molar-refractivity contribution in [1.82, 2.24) is 0 Å². The molecule has 0 spiro atoms. The van der Waals surface area contributed by atoms with Crippen LogP contribution in [0.15, 0.2) is 11.6 Å². The maximum absolute atomic E-state index is 12.2. The Bertz CT molecular complexity index is 713. The van der Waals surface area contributed by atoms with Gasteiger partial charge < -0.3 is 4.89 Å². The Kier molecular flexibility index (Phi) is 4.32. The van der Waals surface area contributed by atoms with E-state index < -0.39 is 19.1 Å². The number of rotatable bonds is 2. The molecule has 8 atom stereocenters. The molecule has 0 bridgehead atoms. The van der Waals surface area contributed by atoms with E-state index in [4.69, 9.17) is 0 Å². The number of hydrogen-bond donors (Lipinski definition) is 0. The molecule has 142 valence electrons. The molecule has 3 saturated carbocycles. The normalized spacial score (nSPS) is 48.2. The predicted molar refractivity (Wildman–Crippen MR) is 97.7 cm³/mol. The van der Waals surface area contributed by atoms with E-state index in [9.17, 15) is 19.0 Å². The topological polar surface area (TPSA) is 74.3 Å². The maximum Gasteiger partial charge on any atom is 0.313 e. The number of allylic oxidation sites excluding steroid dienone is 1. The second kappa shape index (κ2) is 6.07. The lowest BCUT2D eigenvalue weighted by Crippen LogP contribution is -2.55. The van der Waals surface area contributed by atoms with Crippen molar-refractivity contribution in [3.63, 3.8) is 0 Å². The molecule has 0 aliphatic heterocycles. The van der Waals surface area contributed by atoms with Gasteiger partial charge in [-0.25, -0.2) is 0 Å². The molecule has 0 N–H and O–H groups in total. The highest BCUT2D eigenvalue weighted by Gasteiger charge is 2.63. The van der Waals surface area contributed by atoms with Gasteiger partial charge in [0.1, 0.15) is 5.78 Å². The summed E-state index contributed by atoms with van der Waals surface area (Å²) >= 11 is 0. The van der Waals surface area contributed by atoms with Crippen LogP contribution in [0.4, 0.5) is 0 Å². The summed E-state index contributed by atoms with van der Waals surface area (Å²) in [5.74, 6) is 1.76. The van der Waals surface area contributed by atoms with Gasteiger partial charge in [0.2, 0.25) is 0 Å². The van der Waals surface area contributed by atoms with Crippen LogP contribution in [0.25, 0.3) is 0 Å². The van der Waals surface area contributed by atoms with Gasteiger partial charge in [-0.15, -0.1) is 0 Å². The van der Waals surface area contributed by atoms with Crippen LogP contribution in [0.5, 0.6) is 0 Å². The van der Waals surface area contributed by atoms with Gasteiger partial charge >= 0.3 is 8.03 Å². The number of Topliss-reactive ketones (excluding diaryl/α,β-unsaturated/α-hetero) is 1. The minimum absolute atomic E-state index is 0.0294. The molecule has 4 nitrogen and oxygen atoms in total. The van der Waals surface area contributed by atoms with E-state index in [2.05, 4.69) is 13.8 Å². The van der Waals surface area contributed by atoms with Gasteiger partial charge in [0.15, 0.2) is 11.4 Å². The molecule has 0 aromatic rings. The Hall–Kier alpha value is -0.860. The van der Waals surface area contributed by atoms with Crippen molar-refractivity contribution in [1.29, 1.82) is 0 Å². The van der Waals surface area contributed by atoms with E-state index >= 15 is 0 Å². The van der Waals surface area contributed by atoms with Crippen molar-refractivity contribution in [2.45, 2.75) is 71.4 Å². The van der Waals surface area contributed by atoms with Crippen LogP contribution in [0.2, 0.25) is 0 Å². The Morgan fingerprint density at radius 3 is 2.58 bits per heavy atom. The number of ketones is 2. The van der Waals surface area contributed by atoms with Crippen molar-refractivity contribution in [2.75, 3.05) is 0 Å². The lowest BCUT2D eigenvalue weighted by atomic mass is 9.46. The number of carbonyl (C=O) groups excluding carboxylic acids is 2. The molecule has 26 heavy (non-hydrogen) atoms. The van der Waals surface area contributed by atoms with Crippen LogP contribution in [0.3, 0.4) is 0 Å². The summed E-state index contributed by atoms with van der Waals surface area (Å²) in [4.78, 5) is 36.4. The zero-order chi connectivity index (χ0) is 18.9. The highest BCUT2D eigenvalue weighted by molar-refractivity contribution is 7.37. The Balaban J connectivity index is 1.73. The average molecular weight is 376 g/mol. The van der Waals surface area contributed by atoms with E-state index in [0.717, 1.165) is 44.1 Å². The summed E-state index contributed by atoms with van der Waals surface area (Å²) in [7, 11) is -2.63. The van der Waals surface area contributed by atoms with Crippen LogP contribution in [-0.2, 0) is 14.2 Å². The molecule has 0 radical (unpaired) electrons. The number of hydrogen-bond acceptors (Lipinski definition) is 4. The molecular formula is C21H29O4P. The molecule has 0 saturated heterocycles. The van der Waals surface area contributed by atoms with E-state index in [0.29, 0.717) is 23.5 Å². The second-order valence-electron chi connectivity index (χ2n) is 9.62. The fraction of sp³-hybridized carbons (Fsp3) is 0.810. The number of fused-ring (bicyclic) bond motifs is 5. The summed E-state index contributed by atoms with van der Waals surface area (Å²) in [5.41, 5.74) is 0.183. The molecule has 2 unspecified atom stereocenters. The van der Waals surface area contributed by atoms with Crippen molar-refractivity contribution >= 4 is 19.6 Å². The van der Waals surface area contributed by atoms with Gasteiger partial charge in [-0.2, -0.15) is 0 Å². The Labute approximate surface area is 156 Å². The van der Waals surface area contributed by atoms with Crippen LogP contribution in [0, 0.1) is 34.5 Å². The predicted octanol–water partition coefficient (Wildman–Crippen LogP) is 3.80. The summed E-state index contributed by atoms with van der Waals surface area (Å²) in [5, 5.41) is 0. The van der Waals surface area contributed by atoms with Crippen LogP contribution < -0.4 is 4.89 Å². The summed E-state index contributed by atoms with van der Waals surface area (Å²) in [6.07, 6.45) is 7.81. The highest BCUT2D eigenvalue weighted by Crippen LogP contribution is 2.68. The number of carbonyl (C=O) groups is 2. The third-order valence-corrected chi connectivity index (χ3v) is 10.0. The third-order valence-electron chi connectivity index (χ3n) is 8.81. The van der Waals surface area contributed by atoms with Crippen molar-refractivity contribution in [3.8, 4) is 0 Å². The lowest BCUT2D eigenvalue weighted by molar-refractivity contribution is -0.171. The highest BCUT2D eigenvalue weighted by atomic mass is 31.1. The van der Waals surface area contributed by atoms with Crippen LogP contribution in [0.1, 0.15) is 65.7 Å². The largest absolute Gasteiger partial charge is 0.595 e. The first-order chi connectivity index (χ1) is 12.2. The standard InChI is InChI=1S/C21H29O4P/c1-12(22)16-6-7-17-15-5-4-13-10-14(23)11-19(26(24)25)21(13,3)18(15)8-9-20(16,17)2/h10,15-19H,4-9,11H2,1-3H3/t15-,16+,17-,18-,19?,20+,21-/m0/s1. The van der Waals surface area contributed by atoms with Gasteiger partial charge in [0.25, 0.3) is 0 Å². The van der Waals surface area contributed by atoms with Gasteiger partial charge in [-0.3, -0.25) is 9.59 Å². The Morgan fingerprint density at radius 1 is 1.19 bits per heavy atom. The van der Waals surface area contributed by atoms with Gasteiger partial charge in [0.05, 0.1) is 6.42 Å². The van der Waals surface area contributed by atoms with E-state index in [1.165, 1.54) is 0 Å². The Morgan fingerprint density at radius 2 is 1.92 bits per heavy atom. The fourth-order valence-corrected chi connectivity index (χ4v) is 8.69. The maximum atomic E-state index is 12.2. The first kappa shape index (κ1) is 18.5. The molecule has 4 aliphatic rings. The minimum atomic E-state index is -2.63. The molecule has 3 fully saturated rings. The molecule has 0 heterocycles. The monoisotopic (exact) mass is 376 g/mol. The van der Waals surface area contributed by atoms with Crippen LogP contribution >= 0.6 is 8.03 Å². The lowest BCUT2D eigenvalue weighted by Gasteiger charge is -2.58. The molecule has 0 amide bonds. The molecule has 4 rings (SSSR count). The second-order valence-corrected chi connectivity index (χ2v) is 10.8.